The second-order valence-electron chi connectivity index (χ2n) is 4.78. The molecule has 0 radical (unpaired) electrons. The average molecular weight is 212 g/mol. The lowest BCUT2D eigenvalue weighted by Gasteiger charge is -2.16. The molecular weight excluding hydrogens is 184 g/mol. The van der Waals surface area contributed by atoms with Crippen LogP contribution in [0.5, 0.6) is 0 Å². The van der Waals surface area contributed by atoms with E-state index in [1.165, 1.54) is 19.3 Å². The topological polar surface area (TPSA) is 17.1 Å². The summed E-state index contributed by atoms with van der Waals surface area (Å²) in [6, 6.07) is 0. The molecule has 0 aromatic rings. The highest BCUT2D eigenvalue weighted by molar-refractivity contribution is 5.80. The Bertz CT molecular complexity index is 163. The average Bonchev–Trinajstić information content (AvgIpc) is 2.24. The third kappa shape index (κ3) is 6.70. The molecule has 0 rings (SSSR count). The molecule has 15 heavy (non-hydrogen) atoms. The van der Waals surface area contributed by atoms with E-state index in [9.17, 15) is 4.79 Å². The predicted molar refractivity (Wildman–Crippen MR) is 67.0 cm³/mol. The standard InChI is InChI=1S/C14H28O/c1-5-8-10-13(7-3)11-14(15)12(4)9-6-2/h12-13H,5-11H2,1-4H3. The summed E-state index contributed by atoms with van der Waals surface area (Å²) in [4.78, 5) is 11.9. The molecule has 0 fully saturated rings. The van der Waals surface area contributed by atoms with E-state index in [1.54, 1.807) is 0 Å². The first-order chi connectivity index (χ1) is 7.15. The van der Waals surface area contributed by atoms with E-state index in [4.69, 9.17) is 0 Å². The molecule has 2 atom stereocenters. The lowest BCUT2D eigenvalue weighted by atomic mass is 9.88. The van der Waals surface area contributed by atoms with E-state index in [-0.39, 0.29) is 5.92 Å². The van der Waals surface area contributed by atoms with E-state index in [0.717, 1.165) is 25.7 Å². The van der Waals surface area contributed by atoms with Crippen molar-refractivity contribution in [1.82, 2.24) is 0 Å². The van der Waals surface area contributed by atoms with E-state index >= 15 is 0 Å². The van der Waals surface area contributed by atoms with Crippen LogP contribution in [0.2, 0.25) is 0 Å². The Morgan fingerprint density at radius 1 is 1.07 bits per heavy atom. The zero-order valence-corrected chi connectivity index (χ0v) is 11.0. The molecule has 90 valence electrons. The van der Waals surface area contributed by atoms with Crippen molar-refractivity contribution in [2.24, 2.45) is 11.8 Å². The third-order valence-corrected chi connectivity index (χ3v) is 3.30. The Kier molecular flexibility index (Phi) is 8.74. The van der Waals surface area contributed by atoms with Gasteiger partial charge in [-0.2, -0.15) is 0 Å². The molecule has 0 aliphatic carbocycles. The zero-order chi connectivity index (χ0) is 11.7. The van der Waals surface area contributed by atoms with Crippen molar-refractivity contribution in [2.75, 3.05) is 0 Å². The highest BCUT2D eigenvalue weighted by Crippen LogP contribution is 2.20. The summed E-state index contributed by atoms with van der Waals surface area (Å²) in [6.07, 6.45) is 7.91. The van der Waals surface area contributed by atoms with E-state index < -0.39 is 0 Å². The smallest absolute Gasteiger partial charge is 0.135 e. The van der Waals surface area contributed by atoms with Gasteiger partial charge in [0.05, 0.1) is 0 Å². The van der Waals surface area contributed by atoms with Gasteiger partial charge in [0.15, 0.2) is 0 Å². The van der Waals surface area contributed by atoms with Gasteiger partial charge in [0.1, 0.15) is 5.78 Å². The van der Waals surface area contributed by atoms with Crippen molar-refractivity contribution in [1.29, 1.82) is 0 Å². The molecule has 2 unspecified atom stereocenters. The summed E-state index contributed by atoms with van der Waals surface area (Å²) in [5, 5.41) is 0. The van der Waals surface area contributed by atoms with Gasteiger partial charge in [-0.25, -0.2) is 0 Å². The quantitative estimate of drug-likeness (QED) is 0.546. The normalized spacial score (nSPS) is 14.9. The Morgan fingerprint density at radius 3 is 2.20 bits per heavy atom. The van der Waals surface area contributed by atoms with Crippen molar-refractivity contribution < 1.29 is 4.79 Å². The number of hydrogen-bond donors (Lipinski definition) is 0. The molecule has 0 saturated heterocycles. The summed E-state index contributed by atoms with van der Waals surface area (Å²) >= 11 is 0. The fourth-order valence-electron chi connectivity index (χ4n) is 2.02. The molecular formula is C14H28O. The van der Waals surface area contributed by atoms with Crippen LogP contribution in [0.4, 0.5) is 0 Å². The lowest BCUT2D eigenvalue weighted by molar-refractivity contribution is -0.123. The molecule has 0 bridgehead atoms. The molecule has 0 amide bonds. The minimum absolute atomic E-state index is 0.283. The Morgan fingerprint density at radius 2 is 1.73 bits per heavy atom. The van der Waals surface area contributed by atoms with E-state index in [1.807, 2.05) is 0 Å². The number of carbonyl (C=O) groups is 1. The largest absolute Gasteiger partial charge is 0.299 e. The molecule has 0 saturated carbocycles. The molecule has 1 heteroatoms. The van der Waals surface area contributed by atoms with Gasteiger partial charge in [-0.05, 0) is 12.3 Å². The van der Waals surface area contributed by atoms with Gasteiger partial charge in [0.2, 0.25) is 0 Å². The van der Waals surface area contributed by atoms with Crippen LogP contribution in [0.25, 0.3) is 0 Å². The Balaban J connectivity index is 3.88. The van der Waals surface area contributed by atoms with Crippen LogP contribution >= 0.6 is 0 Å². The first kappa shape index (κ1) is 14.7. The zero-order valence-electron chi connectivity index (χ0n) is 11.0. The number of ketones is 1. The second kappa shape index (κ2) is 8.94. The van der Waals surface area contributed by atoms with Gasteiger partial charge < -0.3 is 0 Å². The van der Waals surface area contributed by atoms with E-state index in [0.29, 0.717) is 11.7 Å². The summed E-state index contributed by atoms with van der Waals surface area (Å²) in [5.41, 5.74) is 0. The highest BCUT2D eigenvalue weighted by atomic mass is 16.1. The highest BCUT2D eigenvalue weighted by Gasteiger charge is 2.16. The van der Waals surface area contributed by atoms with Crippen LogP contribution in [0.1, 0.15) is 72.6 Å². The maximum Gasteiger partial charge on any atom is 0.135 e. The van der Waals surface area contributed by atoms with Gasteiger partial charge in [-0.15, -0.1) is 0 Å². The number of Topliss-reactive ketones (excluding diaryl/α,β-unsaturated/α-hetero) is 1. The predicted octanol–water partition coefficient (Wildman–Crippen LogP) is 4.60. The first-order valence-electron chi connectivity index (χ1n) is 6.68. The van der Waals surface area contributed by atoms with Crippen molar-refractivity contribution in [3.05, 3.63) is 0 Å². The minimum Gasteiger partial charge on any atom is -0.299 e. The van der Waals surface area contributed by atoms with Gasteiger partial charge >= 0.3 is 0 Å². The molecule has 0 aromatic heterocycles. The lowest BCUT2D eigenvalue weighted by Crippen LogP contribution is -2.15. The van der Waals surface area contributed by atoms with Crippen LogP contribution < -0.4 is 0 Å². The van der Waals surface area contributed by atoms with Crippen molar-refractivity contribution >= 4 is 5.78 Å². The first-order valence-corrected chi connectivity index (χ1v) is 6.68. The Hall–Kier alpha value is -0.330. The van der Waals surface area contributed by atoms with E-state index in [2.05, 4.69) is 27.7 Å². The van der Waals surface area contributed by atoms with Crippen LogP contribution in [-0.2, 0) is 4.79 Å². The molecule has 0 heterocycles. The monoisotopic (exact) mass is 212 g/mol. The maximum atomic E-state index is 11.9. The van der Waals surface area contributed by atoms with Crippen LogP contribution in [-0.4, -0.2) is 5.78 Å². The maximum absolute atomic E-state index is 11.9. The minimum atomic E-state index is 0.283. The number of unbranched alkanes of at least 4 members (excludes halogenated alkanes) is 1. The van der Waals surface area contributed by atoms with Crippen LogP contribution in [0.3, 0.4) is 0 Å². The summed E-state index contributed by atoms with van der Waals surface area (Å²) in [5.74, 6) is 1.40. The fraction of sp³-hybridized carbons (Fsp3) is 0.929. The number of carbonyl (C=O) groups excluding carboxylic acids is 1. The van der Waals surface area contributed by atoms with Crippen LogP contribution in [0, 0.1) is 11.8 Å². The molecule has 0 aliphatic heterocycles. The van der Waals surface area contributed by atoms with Gasteiger partial charge in [-0.3, -0.25) is 4.79 Å². The number of rotatable bonds is 9. The van der Waals surface area contributed by atoms with Crippen LogP contribution in [0.15, 0.2) is 0 Å². The molecule has 0 spiro atoms. The summed E-state index contributed by atoms with van der Waals surface area (Å²) in [6.45, 7) is 8.66. The summed E-state index contributed by atoms with van der Waals surface area (Å²) < 4.78 is 0. The fourth-order valence-corrected chi connectivity index (χ4v) is 2.02. The molecule has 1 nitrogen and oxygen atoms in total. The van der Waals surface area contributed by atoms with Gasteiger partial charge in [0, 0.05) is 12.3 Å². The third-order valence-electron chi connectivity index (χ3n) is 3.30. The molecule has 0 aliphatic rings. The number of hydrogen-bond acceptors (Lipinski definition) is 1. The second-order valence-corrected chi connectivity index (χ2v) is 4.78. The summed E-state index contributed by atoms with van der Waals surface area (Å²) in [7, 11) is 0. The van der Waals surface area contributed by atoms with Crippen molar-refractivity contribution in [3.8, 4) is 0 Å². The Labute approximate surface area is 95.6 Å². The SMILES string of the molecule is CCCCC(CC)CC(=O)C(C)CCC. The molecule has 0 N–H and O–H groups in total. The molecule has 0 aromatic carbocycles. The van der Waals surface area contributed by atoms with Gasteiger partial charge in [-0.1, -0.05) is 59.8 Å². The van der Waals surface area contributed by atoms with Gasteiger partial charge in [0.25, 0.3) is 0 Å². The van der Waals surface area contributed by atoms with Crippen molar-refractivity contribution in [3.63, 3.8) is 0 Å². The van der Waals surface area contributed by atoms with Crippen molar-refractivity contribution in [2.45, 2.75) is 72.6 Å².